The number of nitrogens with one attached hydrogen (secondary N) is 1. The van der Waals surface area contributed by atoms with Gasteiger partial charge in [-0.1, -0.05) is 55.4 Å². The third-order valence-corrected chi connectivity index (χ3v) is 13.5. The highest BCUT2D eigenvalue weighted by atomic mass is 32.1. The molecule has 3 N–H and O–H groups in total. The highest BCUT2D eigenvalue weighted by Gasteiger charge is 2.43. The van der Waals surface area contributed by atoms with Crippen LogP contribution in [0.25, 0.3) is 44.0 Å². The Bertz CT molecular complexity index is 2760. The van der Waals surface area contributed by atoms with Crippen LogP contribution >= 0.6 is 11.3 Å². The van der Waals surface area contributed by atoms with Gasteiger partial charge in [-0.2, -0.15) is 0 Å². The third-order valence-electron chi connectivity index (χ3n) is 12.6. The number of para-hydroxylation sites is 1. The molecule has 2 aliphatic heterocycles. The molecule has 0 saturated carbocycles. The number of rotatable bonds is 11. The quantitative estimate of drug-likeness (QED) is 0.119. The van der Waals surface area contributed by atoms with E-state index in [-0.39, 0.29) is 42.5 Å². The van der Waals surface area contributed by atoms with Gasteiger partial charge in [0.05, 0.1) is 39.4 Å². The lowest BCUT2D eigenvalue weighted by Crippen LogP contribution is -2.48. The number of benzene rings is 2. The summed E-state index contributed by atoms with van der Waals surface area (Å²) in [6.07, 6.45) is 4.57. The SMILES string of the molecule is Cc1ncsc1-c1ccc([C@H](C)NC(=O)[C@@H]2C[C@@H](O)CN2C(=O)[C@H](c2cc(-c3cnc(N4CCC(c5cc6nnc(-c7ccccc7O)cc6n5C)CC4)nc3)no2)C(C)C)cc1. The molecule has 0 spiro atoms. The van der Waals surface area contributed by atoms with E-state index < -0.39 is 18.1 Å². The van der Waals surface area contributed by atoms with Crippen molar-refractivity contribution < 1.29 is 24.3 Å². The van der Waals surface area contributed by atoms with Crippen molar-refractivity contribution in [2.45, 2.75) is 77.0 Å². The van der Waals surface area contributed by atoms with Crippen molar-refractivity contribution in [3.05, 3.63) is 107 Å². The van der Waals surface area contributed by atoms with Crippen LogP contribution in [0.5, 0.6) is 5.75 Å². The van der Waals surface area contributed by atoms with Gasteiger partial charge >= 0.3 is 0 Å². The number of likely N-dealkylation sites (tertiary alicyclic amines) is 1. The average Bonchev–Trinajstić information content (AvgIpc) is 4.11. The Morgan fingerprint density at radius 3 is 2.37 bits per heavy atom. The maximum absolute atomic E-state index is 14.3. The van der Waals surface area contributed by atoms with Crippen LogP contribution in [0.3, 0.4) is 0 Å². The molecule has 5 aromatic heterocycles. The lowest BCUT2D eigenvalue weighted by molar-refractivity contribution is -0.141. The number of carbonyl (C=O) groups is 2. The Balaban J connectivity index is 0.832. The zero-order valence-corrected chi connectivity index (χ0v) is 36.7. The molecule has 324 valence electrons. The van der Waals surface area contributed by atoms with Crippen LogP contribution in [0.4, 0.5) is 5.95 Å². The zero-order valence-electron chi connectivity index (χ0n) is 35.8. The van der Waals surface area contributed by atoms with Gasteiger partial charge in [-0.25, -0.2) is 15.0 Å². The van der Waals surface area contributed by atoms with E-state index in [1.807, 2.05) is 75.7 Å². The highest BCUT2D eigenvalue weighted by Crippen LogP contribution is 2.36. The molecule has 2 saturated heterocycles. The first-order valence-electron chi connectivity index (χ1n) is 21.4. The summed E-state index contributed by atoms with van der Waals surface area (Å²) in [6, 6.07) is 19.9. The van der Waals surface area contributed by atoms with Gasteiger partial charge < -0.3 is 34.4 Å². The molecular weight excluding hydrogens is 817 g/mol. The third kappa shape index (κ3) is 8.27. The molecule has 0 unspecified atom stereocenters. The highest BCUT2D eigenvalue weighted by molar-refractivity contribution is 7.13. The number of fused-ring (bicyclic) bond motifs is 1. The second-order valence-electron chi connectivity index (χ2n) is 17.0. The van der Waals surface area contributed by atoms with Crippen LogP contribution in [0, 0.1) is 12.8 Å². The minimum Gasteiger partial charge on any atom is -0.507 e. The lowest BCUT2D eigenvalue weighted by atomic mass is 9.91. The fraction of sp³-hybridized carbons (Fsp3) is 0.362. The van der Waals surface area contributed by atoms with E-state index in [9.17, 15) is 19.8 Å². The maximum atomic E-state index is 14.3. The van der Waals surface area contributed by atoms with Crippen LogP contribution < -0.4 is 10.2 Å². The molecule has 16 heteroatoms. The number of thiazole rings is 1. The van der Waals surface area contributed by atoms with Crippen molar-refractivity contribution in [2.24, 2.45) is 13.0 Å². The number of carbonyl (C=O) groups excluding carboxylic acids is 2. The second kappa shape index (κ2) is 17.3. The van der Waals surface area contributed by atoms with Crippen molar-refractivity contribution in [2.75, 3.05) is 24.5 Å². The summed E-state index contributed by atoms with van der Waals surface area (Å²) in [5.74, 6) is -0.0601. The standard InChI is InChI=1S/C47H50N10O5S/c1-26(2)43(46(61)57-24-33(58)18-40(57)45(60)51-27(3)29-10-12-31(13-11-29)44-28(4)50-25-63-44)42-21-35(54-62-42)32-22-48-47(49-23-32)56-16-14-30(15-17-56)38-20-37-39(55(38)5)19-36(52-53-37)34-8-6-7-9-41(34)59/h6-13,19-23,25-27,30,33,40,43,58-59H,14-18,24H2,1-5H3,(H,51,60)/t27-,33+,40-,43-/m0/s1. The number of nitrogens with zero attached hydrogens (tertiary/aromatic N) is 9. The molecule has 63 heavy (non-hydrogen) atoms. The smallest absolute Gasteiger partial charge is 0.243 e. The number of phenols is 1. The molecule has 4 atom stereocenters. The van der Waals surface area contributed by atoms with Gasteiger partial charge in [-0.15, -0.1) is 21.5 Å². The molecule has 7 aromatic rings. The van der Waals surface area contributed by atoms with Gasteiger partial charge in [0.15, 0.2) is 0 Å². The van der Waals surface area contributed by atoms with E-state index in [2.05, 4.69) is 48.2 Å². The molecular formula is C47H50N10O5S. The Hall–Kier alpha value is -6.52. The topological polar surface area (TPSA) is 189 Å². The number of β-amino-alcohol motifs (C(OH)–C–C–N with tert-alkyl or cyclic N) is 1. The van der Waals surface area contributed by atoms with Gasteiger partial charge in [0.25, 0.3) is 0 Å². The molecule has 7 heterocycles. The summed E-state index contributed by atoms with van der Waals surface area (Å²) in [5.41, 5.74) is 10.2. The van der Waals surface area contributed by atoms with Crippen molar-refractivity contribution in [3.63, 3.8) is 0 Å². The number of aryl methyl sites for hydroxylation is 2. The number of phenolic OH excluding ortho intramolecular Hbond substituents is 1. The predicted octanol–water partition coefficient (Wildman–Crippen LogP) is 7.18. The number of aliphatic hydroxyl groups is 1. The van der Waals surface area contributed by atoms with Gasteiger partial charge in [0.2, 0.25) is 17.8 Å². The van der Waals surface area contributed by atoms with Crippen LogP contribution in [-0.2, 0) is 16.6 Å². The van der Waals surface area contributed by atoms with E-state index in [0.29, 0.717) is 40.1 Å². The molecule has 9 rings (SSSR count). The molecule has 2 aromatic carbocycles. The fourth-order valence-corrected chi connectivity index (χ4v) is 9.84. The summed E-state index contributed by atoms with van der Waals surface area (Å²) in [7, 11) is 2.05. The van der Waals surface area contributed by atoms with Gasteiger partial charge in [-0.3, -0.25) is 9.59 Å². The number of amides is 2. The number of hydrogen-bond donors (Lipinski definition) is 3. The number of aliphatic hydroxyl groups excluding tert-OH is 1. The fourth-order valence-electron chi connectivity index (χ4n) is 9.03. The van der Waals surface area contributed by atoms with E-state index in [1.54, 1.807) is 41.9 Å². The first kappa shape index (κ1) is 41.8. The van der Waals surface area contributed by atoms with Crippen LogP contribution in [-0.4, -0.2) is 93.6 Å². The minimum absolute atomic E-state index is 0.0450. The molecule has 2 amide bonds. The van der Waals surface area contributed by atoms with Crippen LogP contribution in [0.15, 0.2) is 89.2 Å². The Kier molecular flexibility index (Phi) is 11.5. The van der Waals surface area contributed by atoms with Crippen molar-refractivity contribution in [3.8, 4) is 38.7 Å². The molecule has 2 fully saturated rings. The van der Waals surface area contributed by atoms with E-state index in [4.69, 9.17) is 14.5 Å². The number of hydrogen-bond acceptors (Lipinski definition) is 13. The van der Waals surface area contributed by atoms with Crippen molar-refractivity contribution in [1.82, 2.24) is 45.1 Å². The average molecular weight is 867 g/mol. The van der Waals surface area contributed by atoms with Crippen LogP contribution in [0.2, 0.25) is 0 Å². The second-order valence-corrected chi connectivity index (χ2v) is 17.9. The summed E-state index contributed by atoms with van der Waals surface area (Å²) < 4.78 is 8.01. The number of anilines is 1. The summed E-state index contributed by atoms with van der Waals surface area (Å²) in [4.78, 5) is 46.6. The summed E-state index contributed by atoms with van der Waals surface area (Å²) in [5, 5.41) is 37.4. The zero-order chi connectivity index (χ0) is 43.9. The molecule has 0 aliphatic carbocycles. The normalized spacial score (nSPS) is 18.0. The van der Waals surface area contributed by atoms with E-state index in [1.165, 1.54) is 10.6 Å². The van der Waals surface area contributed by atoms with E-state index >= 15 is 0 Å². The first-order valence-corrected chi connectivity index (χ1v) is 22.3. The maximum Gasteiger partial charge on any atom is 0.243 e. The minimum atomic E-state index is -0.838. The van der Waals surface area contributed by atoms with Gasteiger partial charge in [-0.05, 0) is 68.0 Å². The molecule has 15 nitrogen and oxygen atoms in total. The van der Waals surface area contributed by atoms with Crippen molar-refractivity contribution in [1.29, 1.82) is 0 Å². The number of piperidine rings is 1. The molecule has 0 bridgehead atoms. The van der Waals surface area contributed by atoms with Gasteiger partial charge in [0.1, 0.15) is 34.7 Å². The largest absolute Gasteiger partial charge is 0.507 e. The summed E-state index contributed by atoms with van der Waals surface area (Å²) >= 11 is 1.59. The van der Waals surface area contributed by atoms with Crippen molar-refractivity contribution >= 4 is 40.1 Å². The first-order chi connectivity index (χ1) is 30.4. The van der Waals surface area contributed by atoms with Crippen LogP contribution in [0.1, 0.15) is 80.6 Å². The number of aromatic nitrogens is 7. The lowest BCUT2D eigenvalue weighted by Gasteiger charge is -2.32. The summed E-state index contributed by atoms with van der Waals surface area (Å²) in [6.45, 7) is 9.34. The monoisotopic (exact) mass is 866 g/mol. The predicted molar refractivity (Wildman–Crippen MR) is 240 cm³/mol. The molecule has 0 radical (unpaired) electrons. The Labute approximate surface area is 368 Å². The Morgan fingerprint density at radius 1 is 0.921 bits per heavy atom. The van der Waals surface area contributed by atoms with E-state index in [0.717, 1.165) is 58.7 Å². The van der Waals surface area contributed by atoms with Gasteiger partial charge in [0, 0.05) is 74.3 Å². The Morgan fingerprint density at radius 2 is 1.67 bits per heavy atom. The molecule has 2 aliphatic rings. The number of aromatic hydroxyl groups is 1.